The first-order valence-electron chi connectivity index (χ1n) is 8.76. The Balaban J connectivity index is 1.72. The van der Waals surface area contributed by atoms with Gasteiger partial charge in [-0.2, -0.15) is 5.26 Å². The largest absolute Gasteiger partial charge is 0.462 e. The van der Waals surface area contributed by atoms with Gasteiger partial charge in [-0.3, -0.25) is 0 Å². The molecular formula is C19H23N4O2S+. The molecule has 2 aromatic rings. The number of nitriles is 1. The molecule has 0 aliphatic carbocycles. The van der Waals surface area contributed by atoms with Crippen LogP contribution in [0.15, 0.2) is 30.3 Å². The maximum absolute atomic E-state index is 12.2. The number of para-hydroxylation sites is 1. The van der Waals surface area contributed by atoms with E-state index >= 15 is 0 Å². The fourth-order valence-corrected chi connectivity index (χ4v) is 4.21. The summed E-state index contributed by atoms with van der Waals surface area (Å²) in [4.78, 5) is 16.4. The Kier molecular flexibility index (Phi) is 5.76. The van der Waals surface area contributed by atoms with Crippen molar-refractivity contribution >= 4 is 28.0 Å². The van der Waals surface area contributed by atoms with E-state index in [1.807, 2.05) is 18.2 Å². The predicted octanol–water partition coefficient (Wildman–Crippen LogP) is 1.28. The topological polar surface area (TPSA) is 83.8 Å². The molecule has 7 heteroatoms. The van der Waals surface area contributed by atoms with Crippen LogP contribution in [0.3, 0.4) is 0 Å². The van der Waals surface area contributed by atoms with Crippen LogP contribution in [0.1, 0.15) is 27.7 Å². The van der Waals surface area contributed by atoms with Crippen molar-refractivity contribution in [3.05, 3.63) is 46.3 Å². The normalized spacial score (nSPS) is 14.8. The maximum atomic E-state index is 12.2. The first kappa shape index (κ1) is 18.2. The van der Waals surface area contributed by atoms with Crippen LogP contribution in [-0.2, 0) is 11.3 Å². The van der Waals surface area contributed by atoms with E-state index in [1.165, 1.54) is 10.6 Å². The number of quaternary nitrogens is 1. The lowest BCUT2D eigenvalue weighted by molar-refractivity contribution is -0.914. The number of anilines is 2. The van der Waals surface area contributed by atoms with Gasteiger partial charge in [-0.05, 0) is 19.1 Å². The van der Waals surface area contributed by atoms with E-state index in [2.05, 4.69) is 23.1 Å². The SMILES string of the molecule is CCOC(=O)c1sc(N)c(C#N)c1C[NH+]1CCN(c2ccccc2)CC1. The maximum Gasteiger partial charge on any atom is 0.348 e. The average molecular weight is 371 g/mol. The third kappa shape index (κ3) is 3.82. The van der Waals surface area contributed by atoms with Gasteiger partial charge in [0.15, 0.2) is 0 Å². The minimum atomic E-state index is -0.386. The van der Waals surface area contributed by atoms with Crippen molar-refractivity contribution in [2.75, 3.05) is 43.4 Å². The quantitative estimate of drug-likeness (QED) is 0.774. The Morgan fingerprint density at radius 2 is 2.04 bits per heavy atom. The van der Waals surface area contributed by atoms with Crippen LogP contribution in [0, 0.1) is 11.3 Å². The molecule has 136 valence electrons. The Labute approximate surface area is 157 Å². The summed E-state index contributed by atoms with van der Waals surface area (Å²) in [6.07, 6.45) is 0. The highest BCUT2D eigenvalue weighted by Gasteiger charge is 2.28. The monoisotopic (exact) mass is 371 g/mol. The zero-order valence-electron chi connectivity index (χ0n) is 14.8. The summed E-state index contributed by atoms with van der Waals surface area (Å²) in [7, 11) is 0. The van der Waals surface area contributed by atoms with Crippen molar-refractivity contribution in [1.82, 2.24) is 0 Å². The van der Waals surface area contributed by atoms with Crippen LogP contribution in [0.2, 0.25) is 0 Å². The molecule has 0 radical (unpaired) electrons. The molecule has 1 aromatic carbocycles. The molecule has 6 nitrogen and oxygen atoms in total. The number of ether oxygens (including phenoxy) is 1. The molecule has 1 fully saturated rings. The number of nitrogen functional groups attached to an aromatic ring is 1. The number of carbonyl (C=O) groups excluding carboxylic acids is 1. The van der Waals surface area contributed by atoms with Gasteiger partial charge in [-0.15, -0.1) is 11.3 Å². The van der Waals surface area contributed by atoms with E-state index < -0.39 is 0 Å². The van der Waals surface area contributed by atoms with Gasteiger partial charge in [0.1, 0.15) is 22.5 Å². The average Bonchev–Trinajstić information content (AvgIpc) is 2.98. The molecule has 0 spiro atoms. The number of esters is 1. The van der Waals surface area contributed by atoms with Gasteiger partial charge in [0, 0.05) is 5.69 Å². The van der Waals surface area contributed by atoms with Gasteiger partial charge >= 0.3 is 5.97 Å². The van der Waals surface area contributed by atoms with Crippen LogP contribution in [0.4, 0.5) is 10.7 Å². The highest BCUT2D eigenvalue weighted by molar-refractivity contribution is 7.18. The van der Waals surface area contributed by atoms with Gasteiger partial charge < -0.3 is 20.3 Å². The number of benzene rings is 1. The number of nitrogens with one attached hydrogen (secondary N) is 1. The van der Waals surface area contributed by atoms with E-state index in [1.54, 1.807) is 6.92 Å². The first-order chi connectivity index (χ1) is 12.6. The Morgan fingerprint density at radius 3 is 2.65 bits per heavy atom. The molecular weight excluding hydrogens is 348 g/mol. The molecule has 1 aliphatic heterocycles. The van der Waals surface area contributed by atoms with Crippen LogP contribution in [0.25, 0.3) is 0 Å². The Hall–Kier alpha value is -2.56. The van der Waals surface area contributed by atoms with Gasteiger partial charge in [-0.25, -0.2) is 4.79 Å². The molecule has 3 N–H and O–H groups in total. The van der Waals surface area contributed by atoms with Crippen molar-refractivity contribution in [2.45, 2.75) is 13.5 Å². The molecule has 1 aromatic heterocycles. The van der Waals surface area contributed by atoms with E-state index in [9.17, 15) is 10.1 Å². The van der Waals surface area contributed by atoms with Crippen LogP contribution in [0.5, 0.6) is 0 Å². The highest BCUT2D eigenvalue weighted by atomic mass is 32.1. The molecule has 2 heterocycles. The third-order valence-electron chi connectivity index (χ3n) is 4.63. The summed E-state index contributed by atoms with van der Waals surface area (Å²) in [5, 5.41) is 9.85. The number of rotatable bonds is 5. The lowest BCUT2D eigenvalue weighted by Gasteiger charge is -2.33. The minimum absolute atomic E-state index is 0.306. The molecule has 3 rings (SSSR count). The second-order valence-electron chi connectivity index (χ2n) is 6.23. The number of nitrogens with zero attached hydrogens (tertiary/aromatic N) is 2. The predicted molar refractivity (Wildman–Crippen MR) is 102 cm³/mol. The van der Waals surface area contributed by atoms with Crippen LogP contribution in [-0.4, -0.2) is 38.8 Å². The second kappa shape index (κ2) is 8.21. The summed E-state index contributed by atoms with van der Waals surface area (Å²) in [5.74, 6) is -0.386. The van der Waals surface area contributed by atoms with Crippen molar-refractivity contribution in [3.8, 4) is 6.07 Å². The summed E-state index contributed by atoms with van der Waals surface area (Å²) in [5.41, 5.74) is 8.35. The van der Waals surface area contributed by atoms with E-state index in [-0.39, 0.29) is 5.97 Å². The van der Waals surface area contributed by atoms with Gasteiger partial charge in [0.05, 0.1) is 43.9 Å². The fourth-order valence-electron chi connectivity index (χ4n) is 3.28. The van der Waals surface area contributed by atoms with Crippen molar-refractivity contribution < 1.29 is 14.4 Å². The smallest absolute Gasteiger partial charge is 0.348 e. The van der Waals surface area contributed by atoms with E-state index in [4.69, 9.17) is 10.5 Å². The molecule has 0 amide bonds. The number of carbonyl (C=O) groups is 1. The fraction of sp³-hybridized carbons (Fsp3) is 0.368. The van der Waals surface area contributed by atoms with Crippen molar-refractivity contribution in [2.24, 2.45) is 0 Å². The number of hydrogen-bond donors (Lipinski definition) is 2. The number of thiophene rings is 1. The van der Waals surface area contributed by atoms with Gasteiger partial charge in [0.2, 0.25) is 0 Å². The molecule has 0 bridgehead atoms. The Morgan fingerprint density at radius 1 is 1.35 bits per heavy atom. The molecule has 0 unspecified atom stereocenters. The van der Waals surface area contributed by atoms with E-state index in [0.29, 0.717) is 28.6 Å². The van der Waals surface area contributed by atoms with Crippen molar-refractivity contribution in [1.29, 1.82) is 5.26 Å². The lowest BCUT2D eigenvalue weighted by atomic mass is 10.1. The standard InChI is InChI=1S/C19H22N4O2S/c1-2-25-19(24)17-16(15(12-20)18(21)26-17)13-22-8-10-23(11-9-22)14-6-4-3-5-7-14/h3-7H,2,8-11,13,21H2,1H3/p+1. The highest BCUT2D eigenvalue weighted by Crippen LogP contribution is 2.30. The van der Waals surface area contributed by atoms with Crippen LogP contribution >= 0.6 is 11.3 Å². The zero-order chi connectivity index (χ0) is 18.5. The number of hydrogen-bond acceptors (Lipinski definition) is 6. The summed E-state index contributed by atoms with van der Waals surface area (Å²) < 4.78 is 5.13. The summed E-state index contributed by atoms with van der Waals surface area (Å²) >= 11 is 1.16. The number of piperazine rings is 1. The minimum Gasteiger partial charge on any atom is -0.462 e. The summed E-state index contributed by atoms with van der Waals surface area (Å²) in [6.45, 7) is 6.46. The molecule has 26 heavy (non-hydrogen) atoms. The second-order valence-corrected chi connectivity index (χ2v) is 7.28. The third-order valence-corrected chi connectivity index (χ3v) is 5.67. The van der Waals surface area contributed by atoms with Gasteiger partial charge in [0.25, 0.3) is 0 Å². The first-order valence-corrected chi connectivity index (χ1v) is 9.57. The number of nitrogens with two attached hydrogens (primary N) is 1. The Bertz CT molecular complexity index is 805. The molecule has 0 atom stereocenters. The summed E-state index contributed by atoms with van der Waals surface area (Å²) in [6, 6.07) is 12.5. The molecule has 0 saturated carbocycles. The lowest BCUT2D eigenvalue weighted by Crippen LogP contribution is -3.13. The van der Waals surface area contributed by atoms with Gasteiger partial charge in [-0.1, -0.05) is 18.2 Å². The molecule has 1 saturated heterocycles. The zero-order valence-corrected chi connectivity index (χ0v) is 15.6. The molecule has 1 aliphatic rings. The van der Waals surface area contributed by atoms with Crippen molar-refractivity contribution in [3.63, 3.8) is 0 Å². The van der Waals surface area contributed by atoms with Crippen LogP contribution < -0.4 is 15.5 Å². The van der Waals surface area contributed by atoms with E-state index in [0.717, 1.165) is 43.1 Å².